The number of methoxy groups -OCH3 is 1. The van der Waals surface area contributed by atoms with Crippen LogP contribution in [0.4, 0.5) is 0 Å². The van der Waals surface area contributed by atoms with E-state index in [1.807, 2.05) is 0 Å². The highest BCUT2D eigenvalue weighted by atomic mass is 16.5. The highest BCUT2D eigenvalue weighted by Crippen LogP contribution is 2.13. The molecule has 0 bridgehead atoms. The molecular weight excluding hydrogens is 170 g/mol. The van der Waals surface area contributed by atoms with Gasteiger partial charge in [0.25, 0.3) is 0 Å². The van der Waals surface area contributed by atoms with Gasteiger partial charge in [-0.1, -0.05) is 0 Å². The van der Waals surface area contributed by atoms with Gasteiger partial charge in [0.1, 0.15) is 0 Å². The second-order valence-electron chi connectivity index (χ2n) is 3.30. The molecule has 0 radical (unpaired) electrons. The van der Waals surface area contributed by atoms with E-state index in [1.54, 1.807) is 7.11 Å². The van der Waals surface area contributed by atoms with Gasteiger partial charge in [-0.25, -0.2) is 0 Å². The number of amides is 1. The van der Waals surface area contributed by atoms with Crippen molar-refractivity contribution in [2.45, 2.75) is 12.8 Å². The van der Waals surface area contributed by atoms with E-state index in [0.29, 0.717) is 25.5 Å². The molecule has 1 fully saturated rings. The Labute approximate surface area is 78.6 Å². The molecule has 1 aliphatic heterocycles. The van der Waals surface area contributed by atoms with Crippen LogP contribution >= 0.6 is 0 Å². The number of hydrogen-bond acceptors (Lipinski definition) is 3. The summed E-state index contributed by atoms with van der Waals surface area (Å²) in [6, 6.07) is 0. The number of carbonyl (C=O) groups is 1. The minimum atomic E-state index is 0.129. The molecule has 0 aliphatic carbocycles. The van der Waals surface area contributed by atoms with E-state index in [1.165, 1.54) is 0 Å². The maximum absolute atomic E-state index is 11.2. The van der Waals surface area contributed by atoms with Crippen LogP contribution in [-0.4, -0.2) is 39.4 Å². The molecule has 1 aliphatic rings. The molecule has 1 amide bonds. The topological polar surface area (TPSA) is 47.6 Å². The lowest BCUT2D eigenvalue weighted by molar-refractivity contribution is -0.126. The summed E-state index contributed by atoms with van der Waals surface area (Å²) in [5.41, 5.74) is 0. The summed E-state index contributed by atoms with van der Waals surface area (Å²) in [4.78, 5) is 11.2. The van der Waals surface area contributed by atoms with Gasteiger partial charge in [0, 0.05) is 32.6 Å². The summed E-state index contributed by atoms with van der Waals surface area (Å²) >= 11 is 0. The van der Waals surface area contributed by atoms with Gasteiger partial charge in [-0.3, -0.25) is 4.79 Å². The molecule has 13 heavy (non-hydrogen) atoms. The smallest absolute Gasteiger partial charge is 0.220 e. The Bertz CT molecular complexity index is 157. The SMILES string of the molecule is COCCCNC(=O)CC1COC1. The van der Waals surface area contributed by atoms with Gasteiger partial charge >= 0.3 is 0 Å². The van der Waals surface area contributed by atoms with Crippen molar-refractivity contribution < 1.29 is 14.3 Å². The summed E-state index contributed by atoms with van der Waals surface area (Å²) in [6.45, 7) is 2.89. The van der Waals surface area contributed by atoms with Crippen LogP contribution in [0.1, 0.15) is 12.8 Å². The minimum absolute atomic E-state index is 0.129. The molecule has 0 aromatic rings. The summed E-state index contributed by atoms with van der Waals surface area (Å²) < 4.78 is 9.84. The maximum Gasteiger partial charge on any atom is 0.220 e. The van der Waals surface area contributed by atoms with Crippen molar-refractivity contribution >= 4 is 5.91 Å². The molecule has 1 rings (SSSR count). The predicted octanol–water partition coefficient (Wildman–Crippen LogP) is 0.176. The molecule has 0 saturated carbocycles. The van der Waals surface area contributed by atoms with Gasteiger partial charge in [-0.05, 0) is 6.42 Å². The lowest BCUT2D eigenvalue weighted by atomic mass is 10.0. The molecule has 1 saturated heterocycles. The Morgan fingerprint density at radius 2 is 2.38 bits per heavy atom. The molecule has 0 atom stereocenters. The van der Waals surface area contributed by atoms with Crippen molar-refractivity contribution in [1.82, 2.24) is 5.32 Å². The third-order valence-electron chi connectivity index (χ3n) is 2.03. The first-order valence-corrected chi connectivity index (χ1v) is 4.66. The summed E-state index contributed by atoms with van der Waals surface area (Å²) in [5.74, 6) is 0.576. The van der Waals surface area contributed by atoms with Gasteiger partial charge in [-0.15, -0.1) is 0 Å². The van der Waals surface area contributed by atoms with Gasteiger partial charge < -0.3 is 14.8 Å². The Morgan fingerprint density at radius 1 is 1.62 bits per heavy atom. The Kier molecular flexibility index (Phi) is 4.78. The van der Waals surface area contributed by atoms with Crippen LogP contribution < -0.4 is 5.32 Å². The molecule has 1 N–H and O–H groups in total. The molecular formula is C9H17NO3. The Morgan fingerprint density at radius 3 is 2.92 bits per heavy atom. The standard InChI is InChI=1S/C9H17NO3/c1-12-4-2-3-10-9(11)5-8-6-13-7-8/h8H,2-7H2,1H3,(H,10,11). The number of hydrogen-bond donors (Lipinski definition) is 1. The van der Waals surface area contributed by atoms with Crippen molar-refractivity contribution in [3.05, 3.63) is 0 Å². The summed E-state index contributed by atoms with van der Waals surface area (Å²) in [5, 5.41) is 2.84. The average molecular weight is 187 g/mol. The summed E-state index contributed by atoms with van der Waals surface area (Å²) in [6.07, 6.45) is 1.48. The van der Waals surface area contributed by atoms with E-state index in [2.05, 4.69) is 5.32 Å². The van der Waals surface area contributed by atoms with Crippen LogP contribution in [-0.2, 0) is 14.3 Å². The monoisotopic (exact) mass is 187 g/mol. The fourth-order valence-corrected chi connectivity index (χ4v) is 1.18. The normalized spacial score (nSPS) is 16.7. The quantitative estimate of drug-likeness (QED) is 0.603. The van der Waals surface area contributed by atoms with Crippen molar-refractivity contribution in [1.29, 1.82) is 0 Å². The van der Waals surface area contributed by atoms with Crippen molar-refractivity contribution in [2.24, 2.45) is 5.92 Å². The predicted molar refractivity (Wildman–Crippen MR) is 48.4 cm³/mol. The molecule has 4 heteroatoms. The Hall–Kier alpha value is -0.610. The zero-order valence-corrected chi connectivity index (χ0v) is 8.04. The molecule has 0 aromatic heterocycles. The third kappa shape index (κ3) is 4.24. The largest absolute Gasteiger partial charge is 0.385 e. The molecule has 1 heterocycles. The van der Waals surface area contributed by atoms with E-state index < -0.39 is 0 Å². The third-order valence-corrected chi connectivity index (χ3v) is 2.03. The second kappa shape index (κ2) is 5.94. The zero-order chi connectivity index (χ0) is 9.52. The van der Waals surface area contributed by atoms with Crippen LogP contribution in [0.2, 0.25) is 0 Å². The van der Waals surface area contributed by atoms with Crippen LogP contribution in [0.15, 0.2) is 0 Å². The first kappa shape index (κ1) is 10.5. The zero-order valence-electron chi connectivity index (χ0n) is 8.04. The molecule has 76 valence electrons. The number of carbonyl (C=O) groups excluding carboxylic acids is 1. The minimum Gasteiger partial charge on any atom is -0.385 e. The highest BCUT2D eigenvalue weighted by molar-refractivity contribution is 5.76. The maximum atomic E-state index is 11.2. The first-order valence-electron chi connectivity index (χ1n) is 4.66. The lowest BCUT2D eigenvalue weighted by Crippen LogP contribution is -2.34. The second-order valence-corrected chi connectivity index (χ2v) is 3.30. The van der Waals surface area contributed by atoms with Crippen molar-refractivity contribution in [3.8, 4) is 0 Å². The van der Waals surface area contributed by atoms with E-state index in [0.717, 1.165) is 19.6 Å². The molecule has 0 aromatic carbocycles. The first-order chi connectivity index (χ1) is 6.33. The van der Waals surface area contributed by atoms with Crippen LogP contribution in [0.25, 0.3) is 0 Å². The summed E-state index contributed by atoms with van der Waals surface area (Å²) in [7, 11) is 1.66. The Balaban J connectivity index is 1.91. The van der Waals surface area contributed by atoms with E-state index in [4.69, 9.17) is 9.47 Å². The van der Waals surface area contributed by atoms with Gasteiger partial charge in [0.2, 0.25) is 5.91 Å². The molecule has 4 nitrogen and oxygen atoms in total. The molecule has 0 unspecified atom stereocenters. The fourth-order valence-electron chi connectivity index (χ4n) is 1.18. The molecule has 0 spiro atoms. The van der Waals surface area contributed by atoms with Crippen molar-refractivity contribution in [2.75, 3.05) is 33.5 Å². The van der Waals surface area contributed by atoms with E-state index >= 15 is 0 Å². The van der Waals surface area contributed by atoms with Crippen LogP contribution in [0.5, 0.6) is 0 Å². The van der Waals surface area contributed by atoms with Gasteiger partial charge in [0.05, 0.1) is 13.2 Å². The number of nitrogens with one attached hydrogen (secondary N) is 1. The van der Waals surface area contributed by atoms with Gasteiger partial charge in [0.15, 0.2) is 0 Å². The van der Waals surface area contributed by atoms with Crippen LogP contribution in [0.3, 0.4) is 0 Å². The lowest BCUT2D eigenvalue weighted by Gasteiger charge is -2.25. The van der Waals surface area contributed by atoms with E-state index in [-0.39, 0.29) is 5.91 Å². The average Bonchev–Trinajstić information content (AvgIpc) is 2.06. The van der Waals surface area contributed by atoms with Crippen molar-refractivity contribution in [3.63, 3.8) is 0 Å². The number of rotatable bonds is 6. The van der Waals surface area contributed by atoms with Crippen LogP contribution in [0, 0.1) is 5.92 Å². The fraction of sp³-hybridized carbons (Fsp3) is 0.889. The highest BCUT2D eigenvalue weighted by Gasteiger charge is 2.21. The van der Waals surface area contributed by atoms with E-state index in [9.17, 15) is 4.79 Å². The van der Waals surface area contributed by atoms with Gasteiger partial charge in [-0.2, -0.15) is 0 Å². The number of ether oxygens (including phenoxy) is 2.